The van der Waals surface area contributed by atoms with Crippen LogP contribution in [0, 0.1) is 11.8 Å². The molecule has 3 heteroatoms. The maximum absolute atomic E-state index is 9.10. The van der Waals surface area contributed by atoms with Crippen molar-refractivity contribution in [1.82, 2.24) is 9.97 Å². The molecule has 0 bridgehead atoms. The van der Waals surface area contributed by atoms with E-state index in [0.717, 1.165) is 17.5 Å². The predicted molar refractivity (Wildman–Crippen MR) is 79.9 cm³/mol. The van der Waals surface area contributed by atoms with Crippen LogP contribution in [0.4, 0.5) is 0 Å². The van der Waals surface area contributed by atoms with Crippen molar-refractivity contribution in [3.8, 4) is 23.0 Å². The molecular formula is C17H16N2O. The molecular weight excluding hydrogens is 248 g/mol. The first kappa shape index (κ1) is 14.0. The second-order valence-electron chi connectivity index (χ2n) is 4.39. The predicted octanol–water partition coefficient (Wildman–Crippen LogP) is 2.60. The smallest absolute Gasteiger partial charge is 0.204 e. The highest BCUT2D eigenvalue weighted by Gasteiger charge is 2.04. The van der Waals surface area contributed by atoms with E-state index in [0.29, 0.717) is 5.82 Å². The molecule has 100 valence electrons. The van der Waals surface area contributed by atoms with Gasteiger partial charge in [-0.1, -0.05) is 36.3 Å². The van der Waals surface area contributed by atoms with Crippen LogP contribution in [0.25, 0.3) is 11.1 Å². The molecule has 0 amide bonds. The van der Waals surface area contributed by atoms with Gasteiger partial charge in [-0.25, -0.2) is 9.97 Å². The van der Waals surface area contributed by atoms with Crippen LogP contribution in [-0.4, -0.2) is 21.2 Å². The number of allylic oxidation sites excluding steroid dienone is 1. The van der Waals surface area contributed by atoms with Gasteiger partial charge in [0, 0.05) is 18.0 Å². The second-order valence-corrected chi connectivity index (χ2v) is 4.39. The van der Waals surface area contributed by atoms with Crippen LogP contribution in [0.5, 0.6) is 0 Å². The van der Waals surface area contributed by atoms with Gasteiger partial charge in [0.2, 0.25) is 5.82 Å². The lowest BCUT2D eigenvalue weighted by molar-refractivity contribution is 0.253. The van der Waals surface area contributed by atoms with Crippen LogP contribution >= 0.6 is 0 Å². The van der Waals surface area contributed by atoms with Gasteiger partial charge in [0.15, 0.2) is 0 Å². The summed E-state index contributed by atoms with van der Waals surface area (Å²) in [5, 5.41) is 9.10. The molecule has 0 saturated carbocycles. The number of aliphatic hydroxyl groups is 1. The Balaban J connectivity index is 2.31. The lowest BCUT2D eigenvalue weighted by atomic mass is 10.00. The summed E-state index contributed by atoms with van der Waals surface area (Å²) >= 11 is 0. The van der Waals surface area contributed by atoms with E-state index in [1.165, 1.54) is 5.56 Å². The molecule has 1 atom stereocenters. The molecule has 0 aliphatic carbocycles. The van der Waals surface area contributed by atoms with Crippen molar-refractivity contribution in [2.24, 2.45) is 0 Å². The third-order valence-electron chi connectivity index (χ3n) is 2.74. The van der Waals surface area contributed by atoms with E-state index in [4.69, 9.17) is 5.11 Å². The van der Waals surface area contributed by atoms with Crippen LogP contribution in [0.2, 0.25) is 0 Å². The van der Waals surface area contributed by atoms with Gasteiger partial charge in [0.25, 0.3) is 0 Å². The Morgan fingerprint density at radius 2 is 2.00 bits per heavy atom. The summed E-state index contributed by atoms with van der Waals surface area (Å²) in [4.78, 5) is 8.41. The minimum absolute atomic E-state index is 0.413. The van der Waals surface area contributed by atoms with Crippen molar-refractivity contribution in [2.75, 3.05) is 0 Å². The fraction of sp³-hybridized carbons (Fsp3) is 0.176. The normalized spacial score (nSPS) is 11.3. The van der Waals surface area contributed by atoms with Crippen molar-refractivity contribution in [3.63, 3.8) is 0 Å². The van der Waals surface area contributed by atoms with Crippen LogP contribution in [-0.2, 0) is 6.42 Å². The Bertz CT molecular complexity index is 649. The highest BCUT2D eigenvalue weighted by atomic mass is 16.3. The number of nitrogens with zero attached hydrogens (tertiary/aromatic N) is 2. The van der Waals surface area contributed by atoms with Gasteiger partial charge in [-0.15, -0.1) is 6.58 Å². The molecule has 3 nitrogen and oxygen atoms in total. The summed E-state index contributed by atoms with van der Waals surface area (Å²) in [5.74, 6) is 5.76. The number of aromatic nitrogens is 2. The molecule has 1 aromatic carbocycles. The van der Waals surface area contributed by atoms with E-state index in [9.17, 15) is 0 Å². The van der Waals surface area contributed by atoms with Gasteiger partial charge < -0.3 is 5.11 Å². The zero-order chi connectivity index (χ0) is 14.4. The van der Waals surface area contributed by atoms with Crippen molar-refractivity contribution in [3.05, 3.63) is 60.7 Å². The molecule has 0 aliphatic heterocycles. The van der Waals surface area contributed by atoms with Gasteiger partial charge in [0.05, 0.1) is 0 Å². The van der Waals surface area contributed by atoms with Gasteiger partial charge in [-0.3, -0.25) is 0 Å². The van der Waals surface area contributed by atoms with Gasteiger partial charge in [0.1, 0.15) is 6.10 Å². The quantitative estimate of drug-likeness (QED) is 0.684. The van der Waals surface area contributed by atoms with E-state index in [1.54, 1.807) is 19.3 Å². The summed E-state index contributed by atoms with van der Waals surface area (Å²) < 4.78 is 0. The number of hydrogen-bond donors (Lipinski definition) is 1. The van der Waals surface area contributed by atoms with E-state index in [-0.39, 0.29) is 0 Å². The summed E-state index contributed by atoms with van der Waals surface area (Å²) in [5.41, 5.74) is 3.24. The third-order valence-corrected chi connectivity index (χ3v) is 2.74. The van der Waals surface area contributed by atoms with Crippen LogP contribution in [0.15, 0.2) is 49.3 Å². The standard InChI is InChI=1S/C17H16N2O/c1-3-6-14-7-4-5-8-16(14)15-11-18-17(19-12-15)10-9-13(2)20/h3-5,7-8,11-13,20H,1,6H2,2H3. The highest BCUT2D eigenvalue weighted by Crippen LogP contribution is 2.22. The monoisotopic (exact) mass is 264 g/mol. The molecule has 1 N–H and O–H groups in total. The average Bonchev–Trinajstić information content (AvgIpc) is 2.47. The Kier molecular flexibility index (Phi) is 4.65. The fourth-order valence-electron chi connectivity index (χ4n) is 1.84. The van der Waals surface area contributed by atoms with Crippen molar-refractivity contribution in [2.45, 2.75) is 19.4 Å². The molecule has 2 rings (SSSR count). The molecule has 20 heavy (non-hydrogen) atoms. The summed E-state index contributed by atoms with van der Waals surface area (Å²) in [7, 11) is 0. The molecule has 1 unspecified atom stereocenters. The van der Waals surface area contributed by atoms with E-state index >= 15 is 0 Å². The van der Waals surface area contributed by atoms with E-state index in [1.807, 2.05) is 24.3 Å². The van der Waals surface area contributed by atoms with Gasteiger partial charge in [-0.2, -0.15) is 0 Å². The SMILES string of the molecule is C=CCc1ccccc1-c1cnc(C#CC(C)O)nc1. The molecule has 1 heterocycles. The lowest BCUT2D eigenvalue weighted by Crippen LogP contribution is -1.95. The fourth-order valence-corrected chi connectivity index (χ4v) is 1.84. The second kappa shape index (κ2) is 6.65. The minimum Gasteiger partial charge on any atom is -0.381 e. The molecule has 1 aromatic heterocycles. The van der Waals surface area contributed by atoms with E-state index in [2.05, 4.69) is 34.5 Å². The van der Waals surface area contributed by atoms with Gasteiger partial charge in [-0.05, 0) is 30.4 Å². The molecule has 0 aliphatic rings. The number of aliphatic hydroxyl groups excluding tert-OH is 1. The van der Waals surface area contributed by atoms with Crippen LogP contribution in [0.3, 0.4) is 0 Å². The first-order valence-electron chi connectivity index (χ1n) is 6.41. The molecule has 0 saturated heterocycles. The van der Waals surface area contributed by atoms with Crippen LogP contribution in [0.1, 0.15) is 18.3 Å². The largest absolute Gasteiger partial charge is 0.381 e. The number of rotatable bonds is 3. The topological polar surface area (TPSA) is 46.0 Å². The molecule has 0 spiro atoms. The lowest BCUT2D eigenvalue weighted by Gasteiger charge is -2.06. The summed E-state index contributed by atoms with van der Waals surface area (Å²) in [6, 6.07) is 8.10. The van der Waals surface area contributed by atoms with E-state index < -0.39 is 6.10 Å². The maximum Gasteiger partial charge on any atom is 0.204 e. The van der Waals surface area contributed by atoms with Crippen molar-refractivity contribution >= 4 is 0 Å². The Hall–Kier alpha value is -2.44. The zero-order valence-corrected chi connectivity index (χ0v) is 11.4. The Morgan fingerprint density at radius 3 is 2.65 bits per heavy atom. The number of hydrogen-bond acceptors (Lipinski definition) is 3. The number of benzene rings is 1. The third kappa shape index (κ3) is 3.53. The van der Waals surface area contributed by atoms with Crippen LogP contribution < -0.4 is 0 Å². The minimum atomic E-state index is -0.674. The molecule has 2 aromatic rings. The Morgan fingerprint density at radius 1 is 1.30 bits per heavy atom. The summed E-state index contributed by atoms with van der Waals surface area (Å²) in [6.07, 6.45) is 5.51. The van der Waals surface area contributed by atoms with Crippen molar-refractivity contribution < 1.29 is 5.11 Å². The Labute approximate surface area is 119 Å². The average molecular weight is 264 g/mol. The molecule has 0 radical (unpaired) electrons. The summed E-state index contributed by atoms with van der Waals surface area (Å²) in [6.45, 7) is 5.38. The first-order valence-corrected chi connectivity index (χ1v) is 6.41. The zero-order valence-electron chi connectivity index (χ0n) is 11.4. The highest BCUT2D eigenvalue weighted by molar-refractivity contribution is 5.66. The van der Waals surface area contributed by atoms with Crippen molar-refractivity contribution in [1.29, 1.82) is 0 Å². The first-order chi connectivity index (χ1) is 9.70. The van der Waals surface area contributed by atoms with Gasteiger partial charge >= 0.3 is 0 Å². The molecule has 0 fully saturated rings. The maximum atomic E-state index is 9.10.